The van der Waals surface area contributed by atoms with Gasteiger partial charge in [0.05, 0.1) is 17.0 Å². The Labute approximate surface area is 179 Å². The summed E-state index contributed by atoms with van der Waals surface area (Å²) in [6, 6.07) is 5.54. The Kier molecular flexibility index (Phi) is 4.92. The van der Waals surface area contributed by atoms with Crippen molar-refractivity contribution in [3.8, 4) is 0 Å². The minimum Gasteiger partial charge on any atom is -0.388 e. The quantitative estimate of drug-likeness (QED) is 0.573. The predicted molar refractivity (Wildman–Crippen MR) is 112 cm³/mol. The van der Waals surface area contributed by atoms with E-state index in [1.807, 2.05) is 4.90 Å². The molecule has 4 N–H and O–H groups in total. The molecule has 1 aromatic carbocycles. The molecule has 1 aliphatic carbocycles. The maximum absolute atomic E-state index is 12.9. The van der Waals surface area contributed by atoms with Crippen molar-refractivity contribution in [2.24, 2.45) is 11.3 Å². The Morgan fingerprint density at radius 1 is 1.26 bits per heavy atom. The first-order valence-electron chi connectivity index (χ1n) is 10.9. The van der Waals surface area contributed by atoms with Crippen molar-refractivity contribution in [2.45, 2.75) is 44.8 Å². The number of hydrogen-bond acceptors (Lipinski definition) is 5. The molecular formula is C22H27N5O4. The van der Waals surface area contributed by atoms with Crippen LogP contribution in [0.3, 0.4) is 0 Å². The number of nitrogens with one attached hydrogen (secondary N) is 3. The molecule has 1 aromatic heterocycles. The van der Waals surface area contributed by atoms with Crippen molar-refractivity contribution in [1.29, 1.82) is 0 Å². The summed E-state index contributed by atoms with van der Waals surface area (Å²) < 4.78 is 0. The van der Waals surface area contributed by atoms with Crippen LogP contribution < -0.4 is 10.6 Å². The highest BCUT2D eigenvalue weighted by atomic mass is 16.3. The van der Waals surface area contributed by atoms with Crippen LogP contribution in [0.1, 0.15) is 48.3 Å². The van der Waals surface area contributed by atoms with E-state index in [0.717, 1.165) is 49.8 Å². The van der Waals surface area contributed by atoms with Gasteiger partial charge in [0.25, 0.3) is 5.91 Å². The lowest BCUT2D eigenvalue weighted by Crippen LogP contribution is -2.60. The first kappa shape index (κ1) is 20.0. The molecule has 1 spiro atoms. The van der Waals surface area contributed by atoms with Gasteiger partial charge in [-0.25, -0.2) is 4.98 Å². The molecule has 1 saturated carbocycles. The number of aliphatic hydroxyl groups excluding tert-OH is 1. The van der Waals surface area contributed by atoms with E-state index in [-0.39, 0.29) is 48.1 Å². The minimum atomic E-state index is -0.249. The maximum Gasteiger partial charge on any atom is 0.253 e. The molecule has 1 unspecified atom stereocenters. The molecule has 0 radical (unpaired) electrons. The topological polar surface area (TPSA) is 127 Å². The third kappa shape index (κ3) is 3.78. The van der Waals surface area contributed by atoms with E-state index in [4.69, 9.17) is 0 Å². The van der Waals surface area contributed by atoms with Gasteiger partial charge < -0.3 is 25.6 Å². The maximum atomic E-state index is 12.9. The molecule has 2 saturated heterocycles. The fourth-order valence-electron chi connectivity index (χ4n) is 5.16. The number of aromatic amines is 1. The van der Waals surface area contributed by atoms with Gasteiger partial charge in [0.2, 0.25) is 11.8 Å². The lowest BCUT2D eigenvalue weighted by atomic mass is 9.67. The Morgan fingerprint density at radius 3 is 2.71 bits per heavy atom. The second-order valence-electron chi connectivity index (χ2n) is 9.22. The number of carbonyl (C=O) groups excluding carboxylic acids is 3. The first-order chi connectivity index (χ1) is 14.9. The van der Waals surface area contributed by atoms with E-state index in [9.17, 15) is 19.5 Å². The Hall–Kier alpha value is -2.94. The van der Waals surface area contributed by atoms with Crippen molar-refractivity contribution in [2.75, 3.05) is 19.6 Å². The second-order valence-corrected chi connectivity index (χ2v) is 9.22. The van der Waals surface area contributed by atoms with Crippen molar-refractivity contribution < 1.29 is 19.5 Å². The normalized spacial score (nSPS) is 23.1. The molecule has 3 aliphatic rings. The number of likely N-dealkylation sites (tertiary alicyclic amines) is 1. The van der Waals surface area contributed by atoms with Gasteiger partial charge in [0.15, 0.2) is 0 Å². The van der Waals surface area contributed by atoms with E-state index >= 15 is 0 Å². The molecule has 2 aromatic rings. The fourth-order valence-corrected chi connectivity index (χ4v) is 5.16. The van der Waals surface area contributed by atoms with Crippen LogP contribution in [0, 0.1) is 11.3 Å². The zero-order valence-corrected chi connectivity index (χ0v) is 17.3. The zero-order valence-electron chi connectivity index (χ0n) is 17.3. The van der Waals surface area contributed by atoms with Crippen LogP contribution in [0.2, 0.25) is 0 Å². The van der Waals surface area contributed by atoms with Crippen LogP contribution in [-0.2, 0) is 16.2 Å². The van der Waals surface area contributed by atoms with Crippen LogP contribution in [0.5, 0.6) is 0 Å². The van der Waals surface area contributed by atoms with Gasteiger partial charge in [-0.3, -0.25) is 14.4 Å². The van der Waals surface area contributed by atoms with Gasteiger partial charge in [-0.05, 0) is 43.9 Å². The summed E-state index contributed by atoms with van der Waals surface area (Å²) in [7, 11) is 0. The molecule has 3 heterocycles. The number of benzene rings is 1. The van der Waals surface area contributed by atoms with Gasteiger partial charge in [-0.15, -0.1) is 0 Å². The first-order valence-corrected chi connectivity index (χ1v) is 10.9. The highest BCUT2D eigenvalue weighted by Gasteiger charge is 2.47. The average molecular weight is 425 g/mol. The number of hydrogen-bond donors (Lipinski definition) is 4. The van der Waals surface area contributed by atoms with E-state index in [1.54, 1.807) is 18.2 Å². The number of amides is 3. The van der Waals surface area contributed by atoms with Crippen molar-refractivity contribution in [3.63, 3.8) is 0 Å². The molecule has 1 atom stereocenters. The Morgan fingerprint density at radius 2 is 2.03 bits per heavy atom. The molecule has 31 heavy (non-hydrogen) atoms. The molecule has 9 nitrogen and oxygen atoms in total. The average Bonchev–Trinajstić information content (AvgIpc) is 3.37. The van der Waals surface area contributed by atoms with E-state index in [2.05, 4.69) is 20.6 Å². The largest absolute Gasteiger partial charge is 0.388 e. The van der Waals surface area contributed by atoms with Crippen LogP contribution >= 0.6 is 0 Å². The summed E-state index contributed by atoms with van der Waals surface area (Å²) >= 11 is 0. The lowest BCUT2D eigenvalue weighted by Gasteiger charge is -2.53. The molecule has 9 heteroatoms. The van der Waals surface area contributed by atoms with Crippen molar-refractivity contribution in [1.82, 2.24) is 25.5 Å². The molecule has 5 rings (SSSR count). The number of nitrogens with zero attached hydrogens (tertiary/aromatic N) is 2. The standard InChI is InChI=1S/C22H27N5O4/c28-10-18-25-16-2-1-13(7-17(16)26-18)21(31)27-11-22(12-27)5-3-15(4-6-22)24-20(30)14-8-19(29)23-9-14/h1-2,7,14-15,28H,3-6,8-12H2,(H,23,29)(H,24,30)(H,25,26). The van der Waals surface area contributed by atoms with Gasteiger partial charge in [0.1, 0.15) is 12.4 Å². The van der Waals surface area contributed by atoms with Crippen LogP contribution in [0.4, 0.5) is 0 Å². The number of imidazole rings is 1. The monoisotopic (exact) mass is 425 g/mol. The summed E-state index contributed by atoms with van der Waals surface area (Å²) in [5.41, 5.74) is 2.26. The summed E-state index contributed by atoms with van der Waals surface area (Å²) in [6.45, 7) is 1.76. The number of H-pyrrole nitrogens is 1. The fraction of sp³-hybridized carbons (Fsp3) is 0.545. The number of fused-ring (bicyclic) bond motifs is 1. The smallest absolute Gasteiger partial charge is 0.253 e. The Balaban J connectivity index is 1.13. The van der Waals surface area contributed by atoms with Crippen molar-refractivity contribution in [3.05, 3.63) is 29.6 Å². The van der Waals surface area contributed by atoms with Gasteiger partial charge in [-0.1, -0.05) is 0 Å². The number of rotatable bonds is 4. The van der Waals surface area contributed by atoms with E-state index < -0.39 is 0 Å². The van der Waals surface area contributed by atoms with E-state index in [0.29, 0.717) is 17.9 Å². The SMILES string of the molecule is O=C1CC(C(=O)NC2CCC3(CC2)CN(C(=O)c2ccc4nc(CO)[nH]c4c2)C3)CN1. The lowest BCUT2D eigenvalue weighted by molar-refractivity contribution is -0.127. The van der Waals surface area contributed by atoms with Gasteiger partial charge in [-0.2, -0.15) is 0 Å². The molecule has 0 bridgehead atoms. The van der Waals surface area contributed by atoms with Crippen LogP contribution in [-0.4, -0.2) is 63.4 Å². The third-order valence-corrected chi connectivity index (χ3v) is 7.01. The number of aliphatic hydroxyl groups is 1. The summed E-state index contributed by atoms with van der Waals surface area (Å²) in [4.78, 5) is 45.7. The predicted octanol–water partition coefficient (Wildman–Crippen LogP) is 0.692. The minimum absolute atomic E-state index is 0.0153. The third-order valence-electron chi connectivity index (χ3n) is 7.01. The molecule has 164 valence electrons. The zero-order chi connectivity index (χ0) is 21.6. The summed E-state index contributed by atoms with van der Waals surface area (Å²) in [6.07, 6.45) is 4.08. The van der Waals surface area contributed by atoms with Gasteiger partial charge >= 0.3 is 0 Å². The van der Waals surface area contributed by atoms with Crippen molar-refractivity contribution >= 4 is 28.8 Å². The van der Waals surface area contributed by atoms with Crippen LogP contribution in [0.15, 0.2) is 18.2 Å². The highest BCUT2D eigenvalue weighted by Crippen LogP contribution is 2.44. The molecule has 3 fully saturated rings. The van der Waals surface area contributed by atoms with E-state index in [1.165, 1.54) is 0 Å². The summed E-state index contributed by atoms with van der Waals surface area (Å²) in [5, 5.41) is 15.0. The molecule has 3 amide bonds. The Bertz CT molecular complexity index is 1030. The van der Waals surface area contributed by atoms with Gasteiger partial charge in [0, 0.05) is 43.1 Å². The molecule has 2 aliphatic heterocycles. The summed E-state index contributed by atoms with van der Waals surface area (Å²) in [5.74, 6) is 0.176. The molecular weight excluding hydrogens is 398 g/mol. The highest BCUT2D eigenvalue weighted by molar-refractivity contribution is 5.98. The second kappa shape index (κ2) is 7.64. The number of aromatic nitrogens is 2. The van der Waals surface area contributed by atoms with Crippen LogP contribution in [0.25, 0.3) is 11.0 Å². The number of carbonyl (C=O) groups is 3.